The highest BCUT2D eigenvalue weighted by Crippen LogP contribution is 2.27. The van der Waals surface area contributed by atoms with Gasteiger partial charge >= 0.3 is 0 Å². The van der Waals surface area contributed by atoms with E-state index in [0.29, 0.717) is 0 Å². The summed E-state index contributed by atoms with van der Waals surface area (Å²) in [6, 6.07) is 0. The number of hydrogen-bond acceptors (Lipinski definition) is 1. The smallest absolute Gasteiger partial charge is 0.0833 e. The van der Waals surface area contributed by atoms with Crippen LogP contribution >= 0.6 is 0 Å². The molecule has 0 heterocycles. The Morgan fingerprint density at radius 3 is 2.92 bits per heavy atom. The van der Waals surface area contributed by atoms with Crippen LogP contribution in [0.4, 0.5) is 0 Å². The fourth-order valence-electron chi connectivity index (χ4n) is 1.55. The molecule has 0 radical (unpaired) electrons. The zero-order valence-corrected chi connectivity index (χ0v) is 7.79. The van der Waals surface area contributed by atoms with Gasteiger partial charge in [-0.3, -0.25) is 0 Å². The van der Waals surface area contributed by atoms with Crippen molar-refractivity contribution < 1.29 is 5.11 Å². The van der Waals surface area contributed by atoms with E-state index in [1.807, 2.05) is 6.08 Å². The number of rotatable bonds is 4. The van der Waals surface area contributed by atoms with E-state index in [9.17, 15) is 5.11 Å². The van der Waals surface area contributed by atoms with E-state index in [4.69, 9.17) is 0 Å². The first-order valence-electron chi connectivity index (χ1n) is 4.82. The van der Waals surface area contributed by atoms with Crippen molar-refractivity contribution in [3.63, 3.8) is 0 Å². The van der Waals surface area contributed by atoms with Crippen molar-refractivity contribution in [2.75, 3.05) is 0 Å². The number of allylic oxidation sites excluding steroid dienone is 3. The van der Waals surface area contributed by atoms with Crippen molar-refractivity contribution in [2.24, 2.45) is 0 Å². The minimum atomic E-state index is -0.488. The molecule has 1 unspecified atom stereocenters. The van der Waals surface area contributed by atoms with Crippen molar-refractivity contribution in [1.29, 1.82) is 0 Å². The molecular weight excluding hydrogens is 148 g/mol. The average Bonchev–Trinajstić information content (AvgIpc) is 2.47. The molecule has 68 valence electrons. The molecule has 12 heavy (non-hydrogen) atoms. The molecule has 1 aliphatic rings. The van der Waals surface area contributed by atoms with E-state index in [-0.39, 0.29) is 0 Å². The van der Waals surface area contributed by atoms with Gasteiger partial charge in [0.25, 0.3) is 0 Å². The molecule has 0 aromatic rings. The van der Waals surface area contributed by atoms with Gasteiger partial charge in [-0.2, -0.15) is 0 Å². The second kappa shape index (κ2) is 4.46. The Morgan fingerprint density at radius 1 is 1.50 bits per heavy atom. The molecule has 1 nitrogen and oxygen atoms in total. The van der Waals surface area contributed by atoms with E-state index >= 15 is 0 Å². The largest absolute Gasteiger partial charge is 0.386 e. The van der Waals surface area contributed by atoms with Crippen molar-refractivity contribution in [1.82, 2.24) is 0 Å². The summed E-state index contributed by atoms with van der Waals surface area (Å²) < 4.78 is 0. The van der Waals surface area contributed by atoms with Crippen LogP contribution in [0, 0.1) is 0 Å². The third-order valence-electron chi connectivity index (χ3n) is 2.32. The Labute approximate surface area is 74.8 Å². The first-order chi connectivity index (χ1) is 5.77. The van der Waals surface area contributed by atoms with Gasteiger partial charge in [-0.05, 0) is 32.1 Å². The normalized spacial score (nSPS) is 28.8. The predicted octanol–water partition coefficient (Wildman–Crippen LogP) is 2.81. The molecule has 0 aromatic heterocycles. The highest BCUT2D eigenvalue weighted by molar-refractivity contribution is 5.08. The van der Waals surface area contributed by atoms with Gasteiger partial charge < -0.3 is 5.11 Å². The SMILES string of the molecule is CC/C=C/CCC1(O)C=CCC1. The first-order valence-corrected chi connectivity index (χ1v) is 4.82. The Bertz CT molecular complexity index is 181. The molecule has 0 saturated carbocycles. The fourth-order valence-corrected chi connectivity index (χ4v) is 1.55. The second-order valence-electron chi connectivity index (χ2n) is 3.46. The predicted molar refractivity (Wildman–Crippen MR) is 52.0 cm³/mol. The van der Waals surface area contributed by atoms with Crippen LogP contribution in [-0.4, -0.2) is 10.7 Å². The molecular formula is C11H18O. The van der Waals surface area contributed by atoms with Gasteiger partial charge in [0.05, 0.1) is 5.60 Å². The molecule has 0 saturated heterocycles. The van der Waals surface area contributed by atoms with Gasteiger partial charge in [0, 0.05) is 0 Å². The molecule has 0 fully saturated rings. The highest BCUT2D eigenvalue weighted by atomic mass is 16.3. The van der Waals surface area contributed by atoms with E-state index < -0.39 is 5.60 Å². The average molecular weight is 166 g/mol. The molecule has 1 N–H and O–H groups in total. The summed E-state index contributed by atoms with van der Waals surface area (Å²) >= 11 is 0. The Morgan fingerprint density at radius 2 is 2.33 bits per heavy atom. The summed E-state index contributed by atoms with van der Waals surface area (Å²) in [5.74, 6) is 0. The number of hydrogen-bond donors (Lipinski definition) is 1. The minimum absolute atomic E-state index is 0.488. The molecule has 1 atom stereocenters. The summed E-state index contributed by atoms with van der Waals surface area (Å²) in [4.78, 5) is 0. The zero-order valence-electron chi connectivity index (χ0n) is 7.79. The summed E-state index contributed by atoms with van der Waals surface area (Å²) in [7, 11) is 0. The van der Waals surface area contributed by atoms with Crippen LogP contribution in [0.2, 0.25) is 0 Å². The van der Waals surface area contributed by atoms with E-state index in [1.165, 1.54) is 0 Å². The van der Waals surface area contributed by atoms with Gasteiger partial charge in [-0.25, -0.2) is 0 Å². The topological polar surface area (TPSA) is 20.2 Å². The van der Waals surface area contributed by atoms with Crippen molar-refractivity contribution in [3.8, 4) is 0 Å². The minimum Gasteiger partial charge on any atom is -0.386 e. The van der Waals surface area contributed by atoms with E-state index in [0.717, 1.165) is 32.1 Å². The van der Waals surface area contributed by atoms with Gasteiger partial charge in [0.1, 0.15) is 0 Å². The third kappa shape index (κ3) is 2.82. The van der Waals surface area contributed by atoms with Gasteiger partial charge in [-0.1, -0.05) is 31.2 Å². The number of aliphatic hydroxyl groups is 1. The summed E-state index contributed by atoms with van der Waals surface area (Å²) in [6.07, 6.45) is 13.2. The standard InChI is InChI=1S/C11H18O/c1-2-3-4-5-8-11(12)9-6-7-10-11/h3-4,6,9,12H,2,5,7-8,10H2,1H3/b4-3+. The quantitative estimate of drug-likeness (QED) is 0.637. The maximum absolute atomic E-state index is 9.87. The molecule has 1 rings (SSSR count). The fraction of sp³-hybridized carbons (Fsp3) is 0.636. The molecule has 0 bridgehead atoms. The summed E-state index contributed by atoms with van der Waals surface area (Å²) in [5.41, 5.74) is -0.488. The van der Waals surface area contributed by atoms with Crippen LogP contribution in [0.1, 0.15) is 39.0 Å². The van der Waals surface area contributed by atoms with Crippen molar-refractivity contribution in [2.45, 2.75) is 44.6 Å². The zero-order chi connectivity index (χ0) is 8.86. The molecule has 1 heteroatoms. The van der Waals surface area contributed by atoms with Crippen LogP contribution in [0.5, 0.6) is 0 Å². The summed E-state index contributed by atoms with van der Waals surface area (Å²) in [5, 5.41) is 9.87. The van der Waals surface area contributed by atoms with E-state index in [1.54, 1.807) is 0 Å². The summed E-state index contributed by atoms with van der Waals surface area (Å²) in [6.45, 7) is 2.13. The Balaban J connectivity index is 2.22. The molecule has 0 spiro atoms. The van der Waals surface area contributed by atoms with Crippen molar-refractivity contribution >= 4 is 0 Å². The Hall–Kier alpha value is -0.560. The lowest BCUT2D eigenvalue weighted by atomic mass is 9.97. The third-order valence-corrected chi connectivity index (χ3v) is 2.32. The van der Waals surface area contributed by atoms with Gasteiger partial charge in [0.15, 0.2) is 0 Å². The van der Waals surface area contributed by atoms with Crippen LogP contribution in [0.25, 0.3) is 0 Å². The van der Waals surface area contributed by atoms with Crippen LogP contribution in [0.15, 0.2) is 24.3 Å². The van der Waals surface area contributed by atoms with Gasteiger partial charge in [0.2, 0.25) is 0 Å². The lowest BCUT2D eigenvalue weighted by Crippen LogP contribution is -2.21. The highest BCUT2D eigenvalue weighted by Gasteiger charge is 2.24. The second-order valence-corrected chi connectivity index (χ2v) is 3.46. The van der Waals surface area contributed by atoms with Crippen LogP contribution in [-0.2, 0) is 0 Å². The van der Waals surface area contributed by atoms with Crippen LogP contribution in [0.3, 0.4) is 0 Å². The monoisotopic (exact) mass is 166 g/mol. The van der Waals surface area contributed by atoms with Gasteiger partial charge in [-0.15, -0.1) is 0 Å². The van der Waals surface area contributed by atoms with Crippen LogP contribution < -0.4 is 0 Å². The maximum atomic E-state index is 9.87. The lowest BCUT2D eigenvalue weighted by molar-refractivity contribution is 0.0826. The maximum Gasteiger partial charge on any atom is 0.0833 e. The van der Waals surface area contributed by atoms with Crippen molar-refractivity contribution in [3.05, 3.63) is 24.3 Å². The molecule has 0 aliphatic heterocycles. The lowest BCUT2D eigenvalue weighted by Gasteiger charge is -2.18. The molecule has 0 aromatic carbocycles. The van der Waals surface area contributed by atoms with E-state index in [2.05, 4.69) is 25.2 Å². The molecule has 0 amide bonds. The first kappa shape index (κ1) is 9.53. The Kier molecular flexibility index (Phi) is 3.54. The molecule has 1 aliphatic carbocycles.